The Morgan fingerprint density at radius 3 is 2.39 bits per heavy atom. The van der Waals surface area contributed by atoms with Gasteiger partial charge in [-0.05, 0) is 31.4 Å². The predicted molar refractivity (Wildman–Crippen MR) is 78.0 cm³/mol. The van der Waals surface area contributed by atoms with Gasteiger partial charge in [-0.25, -0.2) is 0 Å². The summed E-state index contributed by atoms with van der Waals surface area (Å²) in [4.78, 5) is 0. The Kier molecular flexibility index (Phi) is 6.20. The first kappa shape index (κ1) is 15.0. The van der Waals surface area contributed by atoms with E-state index < -0.39 is 0 Å². The number of ether oxygens (including phenoxy) is 1. The van der Waals surface area contributed by atoms with Crippen LogP contribution in [0.15, 0.2) is 24.3 Å². The predicted octanol–water partition coefficient (Wildman–Crippen LogP) is 4.03. The molecular formula is C16H27NO. The molecule has 0 amide bonds. The van der Waals surface area contributed by atoms with Gasteiger partial charge < -0.3 is 10.1 Å². The minimum Gasteiger partial charge on any atom is -0.493 e. The highest BCUT2D eigenvalue weighted by atomic mass is 16.5. The Bertz CT molecular complexity index is 349. The summed E-state index contributed by atoms with van der Waals surface area (Å²) >= 11 is 0. The summed E-state index contributed by atoms with van der Waals surface area (Å²) in [7, 11) is 2.03. The van der Waals surface area contributed by atoms with Crippen LogP contribution in [0.4, 0.5) is 0 Å². The van der Waals surface area contributed by atoms with Gasteiger partial charge in [-0.15, -0.1) is 0 Å². The number of benzene rings is 1. The quantitative estimate of drug-likeness (QED) is 0.788. The molecule has 0 radical (unpaired) electrons. The highest BCUT2D eigenvalue weighted by Gasteiger charge is 2.23. The molecule has 0 saturated carbocycles. The molecule has 0 aliphatic heterocycles. The van der Waals surface area contributed by atoms with Crippen molar-refractivity contribution in [2.45, 2.75) is 40.2 Å². The molecule has 0 heterocycles. The summed E-state index contributed by atoms with van der Waals surface area (Å²) in [5.74, 6) is 2.23. The molecule has 0 aromatic heterocycles. The fourth-order valence-corrected chi connectivity index (χ4v) is 2.17. The topological polar surface area (TPSA) is 21.3 Å². The fourth-order valence-electron chi connectivity index (χ4n) is 2.17. The standard InChI is InChI=1S/C16H27NO/c1-6-11-18-15-10-8-7-9-14(15)16(17-5)13(4)12(2)3/h7-10,12-13,16-17H,6,11H2,1-5H3. The lowest BCUT2D eigenvalue weighted by atomic mass is 9.86. The van der Waals surface area contributed by atoms with Crippen LogP contribution in [-0.4, -0.2) is 13.7 Å². The Labute approximate surface area is 112 Å². The number of para-hydroxylation sites is 1. The molecule has 2 nitrogen and oxygen atoms in total. The minimum atomic E-state index is 0.345. The highest BCUT2D eigenvalue weighted by molar-refractivity contribution is 5.36. The van der Waals surface area contributed by atoms with E-state index in [2.05, 4.69) is 51.2 Å². The molecule has 1 rings (SSSR count). The first-order valence-corrected chi connectivity index (χ1v) is 7.00. The smallest absolute Gasteiger partial charge is 0.124 e. The van der Waals surface area contributed by atoms with Gasteiger partial charge >= 0.3 is 0 Å². The average molecular weight is 249 g/mol. The molecule has 0 aliphatic rings. The zero-order valence-electron chi connectivity index (χ0n) is 12.4. The SMILES string of the molecule is CCCOc1ccccc1C(NC)C(C)C(C)C. The molecule has 1 aromatic rings. The van der Waals surface area contributed by atoms with Crippen molar-refractivity contribution in [1.82, 2.24) is 5.32 Å². The maximum absolute atomic E-state index is 5.86. The van der Waals surface area contributed by atoms with Crippen molar-refractivity contribution in [1.29, 1.82) is 0 Å². The minimum absolute atomic E-state index is 0.345. The van der Waals surface area contributed by atoms with Crippen molar-refractivity contribution in [3.05, 3.63) is 29.8 Å². The number of nitrogens with one attached hydrogen (secondary N) is 1. The molecule has 2 atom stereocenters. The van der Waals surface area contributed by atoms with E-state index in [0.29, 0.717) is 17.9 Å². The van der Waals surface area contributed by atoms with Crippen LogP contribution in [0.1, 0.15) is 45.7 Å². The van der Waals surface area contributed by atoms with Gasteiger partial charge in [0.1, 0.15) is 5.75 Å². The summed E-state index contributed by atoms with van der Waals surface area (Å²) in [6.07, 6.45) is 1.04. The number of hydrogen-bond donors (Lipinski definition) is 1. The van der Waals surface area contributed by atoms with E-state index in [9.17, 15) is 0 Å². The third kappa shape index (κ3) is 3.74. The van der Waals surface area contributed by atoms with E-state index in [4.69, 9.17) is 4.74 Å². The van der Waals surface area contributed by atoms with E-state index >= 15 is 0 Å². The molecule has 0 bridgehead atoms. The zero-order chi connectivity index (χ0) is 13.5. The Morgan fingerprint density at radius 1 is 1.17 bits per heavy atom. The third-order valence-corrected chi connectivity index (χ3v) is 3.60. The molecular weight excluding hydrogens is 222 g/mol. The van der Waals surface area contributed by atoms with Gasteiger partial charge in [0.2, 0.25) is 0 Å². The molecule has 0 spiro atoms. The van der Waals surface area contributed by atoms with Crippen LogP contribution < -0.4 is 10.1 Å². The number of hydrogen-bond acceptors (Lipinski definition) is 2. The van der Waals surface area contributed by atoms with Crippen molar-refractivity contribution < 1.29 is 4.74 Å². The van der Waals surface area contributed by atoms with E-state index in [1.165, 1.54) is 5.56 Å². The van der Waals surface area contributed by atoms with Crippen molar-refractivity contribution in [3.63, 3.8) is 0 Å². The third-order valence-electron chi connectivity index (χ3n) is 3.60. The largest absolute Gasteiger partial charge is 0.493 e. The first-order chi connectivity index (χ1) is 8.61. The molecule has 102 valence electrons. The lowest BCUT2D eigenvalue weighted by Crippen LogP contribution is -2.27. The van der Waals surface area contributed by atoms with Crippen molar-refractivity contribution in [2.24, 2.45) is 11.8 Å². The van der Waals surface area contributed by atoms with E-state index in [0.717, 1.165) is 18.8 Å². The first-order valence-electron chi connectivity index (χ1n) is 7.00. The van der Waals surface area contributed by atoms with E-state index in [1.54, 1.807) is 0 Å². The zero-order valence-corrected chi connectivity index (χ0v) is 12.4. The second-order valence-corrected chi connectivity index (χ2v) is 5.26. The van der Waals surface area contributed by atoms with Crippen molar-refractivity contribution >= 4 is 0 Å². The maximum atomic E-state index is 5.86. The van der Waals surface area contributed by atoms with Gasteiger partial charge in [0.15, 0.2) is 0 Å². The van der Waals surface area contributed by atoms with Gasteiger partial charge in [0.25, 0.3) is 0 Å². The second-order valence-electron chi connectivity index (χ2n) is 5.26. The maximum Gasteiger partial charge on any atom is 0.124 e. The summed E-state index contributed by atoms with van der Waals surface area (Å²) < 4.78 is 5.86. The Morgan fingerprint density at radius 2 is 1.83 bits per heavy atom. The molecule has 2 heteroatoms. The highest BCUT2D eigenvalue weighted by Crippen LogP contribution is 2.33. The van der Waals surface area contributed by atoms with Gasteiger partial charge in [-0.2, -0.15) is 0 Å². The molecule has 0 aliphatic carbocycles. The van der Waals surface area contributed by atoms with Crippen LogP contribution >= 0.6 is 0 Å². The summed E-state index contributed by atoms with van der Waals surface area (Å²) in [5, 5.41) is 3.44. The summed E-state index contributed by atoms with van der Waals surface area (Å²) in [6.45, 7) is 9.75. The van der Waals surface area contributed by atoms with Crippen molar-refractivity contribution in [2.75, 3.05) is 13.7 Å². The molecule has 0 fully saturated rings. The van der Waals surface area contributed by atoms with Gasteiger partial charge in [0.05, 0.1) is 6.61 Å². The summed E-state index contributed by atoms with van der Waals surface area (Å²) in [5.41, 5.74) is 1.27. The summed E-state index contributed by atoms with van der Waals surface area (Å²) in [6, 6.07) is 8.72. The molecule has 0 saturated heterocycles. The van der Waals surface area contributed by atoms with Gasteiger partial charge in [-0.1, -0.05) is 45.9 Å². The van der Waals surface area contributed by atoms with E-state index in [-0.39, 0.29) is 0 Å². The van der Waals surface area contributed by atoms with Crippen LogP contribution in [0.5, 0.6) is 5.75 Å². The molecule has 2 unspecified atom stereocenters. The van der Waals surface area contributed by atoms with Crippen LogP contribution in [0.3, 0.4) is 0 Å². The number of rotatable bonds is 7. The average Bonchev–Trinajstić information content (AvgIpc) is 2.38. The lowest BCUT2D eigenvalue weighted by Gasteiger charge is -2.28. The molecule has 1 aromatic carbocycles. The van der Waals surface area contributed by atoms with Crippen LogP contribution in [0, 0.1) is 11.8 Å². The Balaban J connectivity index is 2.97. The van der Waals surface area contributed by atoms with E-state index in [1.807, 2.05) is 13.1 Å². The van der Waals surface area contributed by atoms with Crippen LogP contribution in [-0.2, 0) is 0 Å². The monoisotopic (exact) mass is 249 g/mol. The fraction of sp³-hybridized carbons (Fsp3) is 0.625. The molecule has 18 heavy (non-hydrogen) atoms. The van der Waals surface area contributed by atoms with Gasteiger partial charge in [0, 0.05) is 11.6 Å². The van der Waals surface area contributed by atoms with Gasteiger partial charge in [-0.3, -0.25) is 0 Å². The Hall–Kier alpha value is -1.02. The van der Waals surface area contributed by atoms with Crippen LogP contribution in [0.25, 0.3) is 0 Å². The normalized spacial score (nSPS) is 14.6. The second kappa shape index (κ2) is 7.42. The molecule has 1 N–H and O–H groups in total. The van der Waals surface area contributed by atoms with Crippen molar-refractivity contribution in [3.8, 4) is 5.75 Å². The van der Waals surface area contributed by atoms with Crippen LogP contribution in [0.2, 0.25) is 0 Å². The lowest BCUT2D eigenvalue weighted by molar-refractivity contribution is 0.285.